The molecule has 1 unspecified atom stereocenters. The number of rotatable bonds is 21. The first-order valence-corrected chi connectivity index (χ1v) is 30.9. The zero-order chi connectivity index (χ0) is 56.7. The lowest BCUT2D eigenvalue weighted by Crippen LogP contribution is -2.57. The first-order valence-electron chi connectivity index (χ1n) is 27.7. The molecule has 3 aliphatic heterocycles. The van der Waals surface area contributed by atoms with Gasteiger partial charge in [-0.15, -0.1) is 28.2 Å². The molecule has 0 bridgehead atoms. The Morgan fingerprint density at radius 3 is 2.65 bits per heavy atom. The van der Waals surface area contributed by atoms with E-state index in [9.17, 15) is 34.3 Å². The summed E-state index contributed by atoms with van der Waals surface area (Å²) in [6.45, 7) is 13.2. The van der Waals surface area contributed by atoms with Crippen LogP contribution in [0, 0.1) is 36.0 Å². The number of thiophene rings is 1. The second kappa shape index (κ2) is 25.9. The van der Waals surface area contributed by atoms with E-state index in [4.69, 9.17) is 29.5 Å². The number of nitrogens with zero attached hydrogens (tertiary/aromatic N) is 9. The molecular formula is C55H74N13O9PS2. The highest BCUT2D eigenvalue weighted by Crippen LogP contribution is 2.49. The van der Waals surface area contributed by atoms with Crippen molar-refractivity contribution in [3.8, 4) is 28.0 Å². The molecule has 0 saturated carbocycles. The van der Waals surface area contributed by atoms with Crippen molar-refractivity contribution in [1.29, 1.82) is 5.26 Å². The van der Waals surface area contributed by atoms with Crippen LogP contribution in [0.5, 0.6) is 0 Å². The molecule has 0 spiro atoms. The van der Waals surface area contributed by atoms with Crippen molar-refractivity contribution in [2.24, 2.45) is 17.8 Å². The monoisotopic (exact) mass is 1160 g/mol. The van der Waals surface area contributed by atoms with Crippen LogP contribution >= 0.6 is 30.5 Å². The Morgan fingerprint density at radius 1 is 1.09 bits per heavy atom. The average Bonchev–Trinajstić information content (AvgIpc) is 4.42. The van der Waals surface area contributed by atoms with E-state index in [0.29, 0.717) is 57.9 Å². The summed E-state index contributed by atoms with van der Waals surface area (Å²) in [5, 5.41) is 30.4. The van der Waals surface area contributed by atoms with Crippen LogP contribution in [0.2, 0.25) is 0 Å². The van der Waals surface area contributed by atoms with E-state index in [1.54, 1.807) is 22.9 Å². The minimum absolute atomic E-state index is 0.0170. The van der Waals surface area contributed by atoms with E-state index < -0.39 is 43.4 Å². The lowest BCUT2D eigenvalue weighted by atomic mass is 9.72. The van der Waals surface area contributed by atoms with E-state index in [1.165, 1.54) is 27.6 Å². The molecule has 9 rings (SSSR count). The quantitative estimate of drug-likeness (QED) is 0.0286. The van der Waals surface area contributed by atoms with Crippen LogP contribution in [0.4, 0.5) is 5.00 Å². The number of aromatic nitrogens is 5. The fourth-order valence-corrected chi connectivity index (χ4v) is 14.1. The van der Waals surface area contributed by atoms with Crippen molar-refractivity contribution < 1.29 is 42.8 Å². The number of nitrogens with two attached hydrogens (primary N) is 1. The molecule has 80 heavy (non-hydrogen) atoms. The number of hydrazine groups is 2. The maximum atomic E-state index is 14.5. The number of aryl methyl sites for hydroxylation is 2. The molecule has 8 N–H and O–H groups in total. The van der Waals surface area contributed by atoms with Gasteiger partial charge in [-0.05, 0) is 126 Å². The predicted molar refractivity (Wildman–Crippen MR) is 301 cm³/mol. The Morgan fingerprint density at radius 2 is 1.90 bits per heavy atom. The number of phosphoric acid groups is 1. The Kier molecular flexibility index (Phi) is 19.1. The molecule has 1 aliphatic carbocycles. The number of benzene rings is 1. The van der Waals surface area contributed by atoms with Gasteiger partial charge in [0.1, 0.15) is 34.7 Å². The Hall–Kier alpha value is -5.87. The highest BCUT2D eigenvalue weighted by atomic mass is 32.1. The second-order valence-electron chi connectivity index (χ2n) is 22.3. The summed E-state index contributed by atoms with van der Waals surface area (Å²) >= 11 is 2.99. The number of amides is 2. The minimum atomic E-state index is -4.77. The van der Waals surface area contributed by atoms with Crippen LogP contribution in [0.15, 0.2) is 58.6 Å². The van der Waals surface area contributed by atoms with Crippen LogP contribution in [0.3, 0.4) is 0 Å². The average molecular weight is 1160 g/mol. The number of aliphatic hydroxyl groups is 1. The Bertz CT molecular complexity index is 3070. The van der Waals surface area contributed by atoms with Gasteiger partial charge in [0, 0.05) is 42.6 Å². The standard InChI is InChI=1S/C55H74N13O9PS2/c1-33(2)48(53(71)67-30-39(69)27-43(67)52(70)61-41(19-25-76-78(72,73)74)37-14-16-38(17-15-37)49-35(4)59-32-79-49)68-31-46(63-65-68)75-24-7-6-22-66-23-9-10-36(13-12-34(3)29-66)26-45-58-21-18-42(60-45)51-62-54(77-64-51)55(5)20-8-11-44-47(55)40(28-56)50(57)80-44/h14-18,21,31-34,36,39,41,43,48,63,65,69H,6-13,19-20,22-27,29-30,57H2,1-5H3,(H,61,70)(H2,72,73,74)/t34-,36?,39-,41+,43+,48+,55+/m1/s1. The van der Waals surface area contributed by atoms with Crippen molar-refractivity contribution in [3.05, 3.63) is 93.1 Å². The number of nitriles is 1. The molecule has 25 heteroatoms. The lowest BCUT2D eigenvalue weighted by molar-refractivity contribution is -0.144. The number of thiazole rings is 1. The van der Waals surface area contributed by atoms with Gasteiger partial charge in [0.25, 0.3) is 0 Å². The molecule has 2 fully saturated rings. The molecule has 430 valence electrons. The molecular weight excluding hydrogens is 1080 g/mol. The Balaban J connectivity index is 0.740. The largest absolute Gasteiger partial charge is 0.477 e. The van der Waals surface area contributed by atoms with Gasteiger partial charge >= 0.3 is 7.82 Å². The van der Waals surface area contributed by atoms with E-state index in [2.05, 4.69) is 56.2 Å². The molecule has 4 aromatic heterocycles. The third kappa shape index (κ3) is 14.1. The molecule has 5 aromatic rings. The zero-order valence-electron chi connectivity index (χ0n) is 46.0. The van der Waals surface area contributed by atoms with Crippen molar-refractivity contribution in [3.63, 3.8) is 0 Å². The summed E-state index contributed by atoms with van der Waals surface area (Å²) in [5.41, 5.74) is 18.1. The summed E-state index contributed by atoms with van der Waals surface area (Å²) in [5.74, 6) is 1.98. The van der Waals surface area contributed by atoms with Crippen molar-refractivity contribution in [1.82, 2.24) is 56.2 Å². The van der Waals surface area contributed by atoms with Gasteiger partial charge < -0.3 is 45.0 Å². The number of anilines is 1. The SMILES string of the molecule is Cc1ncsc1-c1ccc([C@H](CCOP(=O)(O)O)NC(=O)[C@@H]2C[C@@H](O)CN2C(=O)[C@H](C(C)C)N2C=C(OCCCCN3CCCC(Cc4nccc(-c5noc([C@@]6(C)CCCc7sc(N)c(C#N)c76)n5)n4)CC[C@@H](C)C3)NN2)cc1. The topological polar surface area (TPSA) is 304 Å². The van der Waals surface area contributed by atoms with E-state index in [-0.39, 0.29) is 37.8 Å². The van der Waals surface area contributed by atoms with Crippen LogP contribution in [0.1, 0.15) is 137 Å². The van der Waals surface area contributed by atoms with Crippen LogP contribution in [-0.2, 0) is 41.7 Å². The molecule has 1 aromatic carbocycles. The zero-order valence-corrected chi connectivity index (χ0v) is 48.6. The highest BCUT2D eigenvalue weighted by Gasteiger charge is 2.45. The minimum Gasteiger partial charge on any atom is -0.477 e. The maximum absolute atomic E-state index is 14.5. The number of aliphatic hydroxyl groups excluding tert-OH is 1. The number of unbranched alkanes of at least 4 members (excludes halogenated alkanes) is 1. The summed E-state index contributed by atoms with van der Waals surface area (Å²) in [4.78, 5) is 72.2. The second-order valence-corrected chi connectivity index (χ2v) is 25.5. The molecule has 4 aliphatic rings. The first kappa shape index (κ1) is 58.8. The fraction of sp³-hybridized carbons (Fsp3) is 0.564. The number of hydrogen-bond acceptors (Lipinski definition) is 20. The molecule has 2 saturated heterocycles. The maximum Gasteiger partial charge on any atom is 0.469 e. The highest BCUT2D eigenvalue weighted by molar-refractivity contribution is 7.46. The number of carbonyl (C=O) groups excluding carboxylic acids is 2. The van der Waals surface area contributed by atoms with E-state index in [1.807, 2.05) is 51.1 Å². The van der Waals surface area contributed by atoms with Gasteiger partial charge in [-0.25, -0.2) is 19.5 Å². The predicted octanol–water partition coefficient (Wildman–Crippen LogP) is 7.05. The van der Waals surface area contributed by atoms with Gasteiger partial charge in [0.05, 0.1) is 58.6 Å². The van der Waals surface area contributed by atoms with E-state index in [0.717, 1.165) is 116 Å². The number of carbonyl (C=O) groups is 2. The number of ether oxygens (including phenoxy) is 1. The molecule has 22 nitrogen and oxygen atoms in total. The number of nitrogen functional groups attached to an aromatic ring is 1. The third-order valence-electron chi connectivity index (χ3n) is 15.8. The van der Waals surface area contributed by atoms with Crippen LogP contribution < -0.4 is 22.0 Å². The van der Waals surface area contributed by atoms with E-state index >= 15 is 0 Å². The Labute approximate surface area is 474 Å². The number of nitrogens with one attached hydrogen (secondary N) is 3. The molecule has 7 atom stereocenters. The smallest absolute Gasteiger partial charge is 0.469 e. The molecule has 2 amide bonds. The number of hydrogen-bond donors (Lipinski definition) is 7. The van der Waals surface area contributed by atoms with Crippen molar-refractivity contribution in [2.45, 2.75) is 141 Å². The normalized spacial score (nSPS) is 22.6. The number of likely N-dealkylation sites (tertiary alicyclic amines) is 1. The summed E-state index contributed by atoms with van der Waals surface area (Å²) in [6.07, 6.45) is 12.1. The van der Waals surface area contributed by atoms with Gasteiger partial charge in [-0.2, -0.15) is 10.2 Å². The van der Waals surface area contributed by atoms with Gasteiger partial charge in [0.2, 0.25) is 29.4 Å². The van der Waals surface area contributed by atoms with Crippen LogP contribution in [0.25, 0.3) is 22.0 Å². The number of fused-ring (bicyclic) bond motifs is 1. The lowest BCUT2D eigenvalue weighted by Gasteiger charge is -2.34. The van der Waals surface area contributed by atoms with Gasteiger partial charge in [-0.3, -0.25) is 24.5 Å². The number of β-amino-alcohol motifs (C(OH)–C–C–N with tert-alkyl or cyclic N) is 1. The number of phosphoric ester groups is 1. The third-order valence-corrected chi connectivity index (χ3v) is 18.4. The van der Waals surface area contributed by atoms with Crippen molar-refractivity contribution >= 4 is 47.3 Å². The molecule has 0 radical (unpaired) electrons. The summed E-state index contributed by atoms with van der Waals surface area (Å²) in [6, 6.07) is 9.10. The summed E-state index contributed by atoms with van der Waals surface area (Å²) < 4.78 is 28.4. The fourth-order valence-electron chi connectivity index (χ4n) is 11.7. The van der Waals surface area contributed by atoms with Crippen molar-refractivity contribution in [2.75, 3.05) is 45.1 Å². The van der Waals surface area contributed by atoms with Gasteiger partial charge in [-0.1, -0.05) is 50.2 Å². The molecule has 7 heterocycles. The summed E-state index contributed by atoms with van der Waals surface area (Å²) in [7, 11) is -4.77. The van der Waals surface area contributed by atoms with Crippen LogP contribution in [-0.4, -0.2) is 124 Å². The van der Waals surface area contributed by atoms with Gasteiger partial charge in [0.15, 0.2) is 0 Å². The first-order chi connectivity index (χ1) is 38.4.